The highest BCUT2D eigenvalue weighted by Crippen LogP contribution is 2.34. The number of rotatable bonds is 6. The molecule has 0 bridgehead atoms. The normalized spacial score (nSPS) is 22.7. The maximum Gasteiger partial charge on any atom is 0.240 e. The molecule has 2 saturated heterocycles. The quantitative estimate of drug-likeness (QED) is 0.773. The van der Waals surface area contributed by atoms with Gasteiger partial charge in [-0.15, -0.1) is 0 Å². The van der Waals surface area contributed by atoms with E-state index in [1.165, 1.54) is 19.3 Å². The number of ether oxygens (including phenoxy) is 3. The molecule has 0 aromatic heterocycles. The van der Waals surface area contributed by atoms with E-state index in [2.05, 4.69) is 9.62 Å². The van der Waals surface area contributed by atoms with Crippen LogP contribution in [0.4, 0.5) is 0 Å². The predicted molar refractivity (Wildman–Crippen MR) is 105 cm³/mol. The molecule has 3 heterocycles. The average Bonchev–Trinajstić information content (AvgIpc) is 2.73. The standard InChI is InChI=1S/C20H30N2O5S/c23-28(24,17-4-5-18-19(14-17)27-13-12-26-18)21-15-20(6-10-25-11-7-20)16-22-8-2-1-3-9-22/h4-5,14,21H,1-3,6-13,15-16H2. The van der Waals surface area contributed by atoms with E-state index in [0.29, 0.717) is 44.5 Å². The van der Waals surface area contributed by atoms with Crippen LogP contribution in [0.1, 0.15) is 32.1 Å². The van der Waals surface area contributed by atoms with Crippen molar-refractivity contribution in [3.05, 3.63) is 18.2 Å². The zero-order valence-electron chi connectivity index (χ0n) is 16.3. The molecule has 0 amide bonds. The van der Waals surface area contributed by atoms with E-state index in [0.717, 1.165) is 32.5 Å². The zero-order chi connectivity index (χ0) is 19.5. The monoisotopic (exact) mass is 410 g/mol. The topological polar surface area (TPSA) is 77.1 Å². The van der Waals surface area contributed by atoms with Crippen molar-refractivity contribution >= 4 is 10.0 Å². The summed E-state index contributed by atoms with van der Waals surface area (Å²) in [6, 6.07) is 4.80. The van der Waals surface area contributed by atoms with Crippen LogP contribution >= 0.6 is 0 Å². The van der Waals surface area contributed by atoms with Crippen LogP contribution in [0.25, 0.3) is 0 Å². The highest BCUT2D eigenvalue weighted by Gasteiger charge is 2.36. The molecule has 1 N–H and O–H groups in total. The Labute approximate surface area is 167 Å². The molecule has 0 spiro atoms. The number of sulfonamides is 1. The molecule has 156 valence electrons. The molecule has 3 aliphatic rings. The van der Waals surface area contributed by atoms with Gasteiger partial charge in [-0.05, 0) is 50.9 Å². The molecule has 1 aromatic rings. The maximum atomic E-state index is 12.9. The van der Waals surface area contributed by atoms with Crippen molar-refractivity contribution < 1.29 is 22.6 Å². The predicted octanol–water partition coefficient (Wildman–Crippen LogP) is 2.02. The van der Waals surface area contributed by atoms with Crippen LogP contribution in [0.3, 0.4) is 0 Å². The average molecular weight is 411 g/mol. The molecule has 0 aliphatic carbocycles. The summed E-state index contributed by atoms with van der Waals surface area (Å²) in [4.78, 5) is 2.71. The largest absolute Gasteiger partial charge is 0.486 e. The van der Waals surface area contributed by atoms with Gasteiger partial charge in [-0.25, -0.2) is 13.1 Å². The van der Waals surface area contributed by atoms with E-state index < -0.39 is 10.0 Å². The first-order chi connectivity index (χ1) is 13.6. The van der Waals surface area contributed by atoms with Crippen LogP contribution in [-0.2, 0) is 14.8 Å². The number of hydrogen-bond acceptors (Lipinski definition) is 6. The van der Waals surface area contributed by atoms with E-state index in [1.807, 2.05) is 0 Å². The third kappa shape index (κ3) is 4.62. The molecule has 0 radical (unpaired) electrons. The van der Waals surface area contributed by atoms with Gasteiger partial charge in [0.1, 0.15) is 13.2 Å². The number of fused-ring (bicyclic) bond motifs is 1. The molecule has 1 aromatic carbocycles. The van der Waals surface area contributed by atoms with E-state index in [1.54, 1.807) is 18.2 Å². The third-order valence-corrected chi connectivity index (χ3v) is 7.42. The van der Waals surface area contributed by atoms with E-state index >= 15 is 0 Å². The fourth-order valence-corrected chi connectivity index (χ4v) is 5.48. The smallest absolute Gasteiger partial charge is 0.240 e. The Morgan fingerprint density at radius 2 is 1.68 bits per heavy atom. The van der Waals surface area contributed by atoms with Gasteiger partial charge in [-0.3, -0.25) is 0 Å². The second-order valence-electron chi connectivity index (χ2n) is 8.08. The minimum atomic E-state index is -3.62. The third-order valence-electron chi connectivity index (χ3n) is 6.02. The number of nitrogens with one attached hydrogen (secondary N) is 1. The van der Waals surface area contributed by atoms with Gasteiger partial charge in [-0.1, -0.05) is 6.42 Å². The lowest BCUT2D eigenvalue weighted by molar-refractivity contribution is -0.00466. The Kier molecular flexibility index (Phi) is 6.10. The minimum Gasteiger partial charge on any atom is -0.486 e. The van der Waals surface area contributed by atoms with Crippen molar-refractivity contribution in [3.8, 4) is 11.5 Å². The van der Waals surface area contributed by atoms with Crippen molar-refractivity contribution in [1.82, 2.24) is 9.62 Å². The molecule has 8 heteroatoms. The molecule has 2 fully saturated rings. The van der Waals surface area contributed by atoms with Crippen LogP contribution in [0.15, 0.2) is 23.1 Å². The van der Waals surface area contributed by atoms with Crippen molar-refractivity contribution in [2.24, 2.45) is 5.41 Å². The molecule has 28 heavy (non-hydrogen) atoms. The van der Waals surface area contributed by atoms with Crippen molar-refractivity contribution in [3.63, 3.8) is 0 Å². The van der Waals surface area contributed by atoms with Gasteiger partial charge < -0.3 is 19.1 Å². The first-order valence-corrected chi connectivity index (χ1v) is 11.7. The summed E-state index contributed by atoms with van der Waals surface area (Å²) < 4.78 is 45.3. The van der Waals surface area contributed by atoms with E-state index in [4.69, 9.17) is 14.2 Å². The highest BCUT2D eigenvalue weighted by molar-refractivity contribution is 7.89. The molecule has 4 rings (SSSR count). The van der Waals surface area contributed by atoms with Crippen LogP contribution in [0.2, 0.25) is 0 Å². The van der Waals surface area contributed by atoms with Gasteiger partial charge in [0.05, 0.1) is 4.90 Å². The summed E-state index contributed by atoms with van der Waals surface area (Å²) in [7, 11) is -3.62. The summed E-state index contributed by atoms with van der Waals surface area (Å²) in [5.41, 5.74) is -0.0729. The van der Waals surface area contributed by atoms with E-state index in [-0.39, 0.29) is 10.3 Å². The molecule has 3 aliphatic heterocycles. The summed E-state index contributed by atoms with van der Waals surface area (Å²) >= 11 is 0. The molecule has 0 atom stereocenters. The molecule has 0 saturated carbocycles. The maximum absolute atomic E-state index is 12.9. The van der Waals surface area contributed by atoms with Crippen molar-refractivity contribution in [1.29, 1.82) is 0 Å². The highest BCUT2D eigenvalue weighted by atomic mass is 32.2. The Morgan fingerprint density at radius 1 is 0.964 bits per heavy atom. The lowest BCUT2D eigenvalue weighted by atomic mass is 9.79. The molecular formula is C20H30N2O5S. The molecule has 0 unspecified atom stereocenters. The van der Waals surface area contributed by atoms with Gasteiger partial charge in [0.2, 0.25) is 10.0 Å². The molecule has 7 nitrogen and oxygen atoms in total. The van der Waals surface area contributed by atoms with Gasteiger partial charge in [-0.2, -0.15) is 0 Å². The number of piperidine rings is 1. The van der Waals surface area contributed by atoms with Gasteiger partial charge in [0, 0.05) is 37.8 Å². The summed E-state index contributed by atoms with van der Waals surface area (Å²) in [6.45, 7) is 5.89. The second-order valence-corrected chi connectivity index (χ2v) is 9.85. The summed E-state index contributed by atoms with van der Waals surface area (Å²) in [6.07, 6.45) is 5.52. The minimum absolute atomic E-state index is 0.0729. The Balaban J connectivity index is 1.46. The Morgan fingerprint density at radius 3 is 2.43 bits per heavy atom. The molecular weight excluding hydrogens is 380 g/mol. The number of nitrogens with zero attached hydrogens (tertiary/aromatic N) is 1. The second kappa shape index (κ2) is 8.57. The SMILES string of the molecule is O=S(=O)(NCC1(CN2CCCCC2)CCOCC1)c1ccc2c(c1)OCCO2. The van der Waals surface area contributed by atoms with Crippen molar-refractivity contribution in [2.45, 2.75) is 37.0 Å². The van der Waals surface area contributed by atoms with Crippen molar-refractivity contribution in [2.75, 3.05) is 52.6 Å². The van der Waals surface area contributed by atoms with Crippen LogP contribution in [0.5, 0.6) is 11.5 Å². The zero-order valence-corrected chi connectivity index (χ0v) is 17.1. The lowest BCUT2D eigenvalue weighted by Crippen LogP contribution is -2.49. The van der Waals surface area contributed by atoms with E-state index in [9.17, 15) is 8.42 Å². The van der Waals surface area contributed by atoms with Gasteiger partial charge in [0.25, 0.3) is 0 Å². The number of hydrogen-bond donors (Lipinski definition) is 1. The van der Waals surface area contributed by atoms with Crippen LogP contribution < -0.4 is 14.2 Å². The van der Waals surface area contributed by atoms with Gasteiger partial charge >= 0.3 is 0 Å². The summed E-state index contributed by atoms with van der Waals surface area (Å²) in [5.74, 6) is 1.08. The lowest BCUT2D eigenvalue weighted by Gasteiger charge is -2.42. The fourth-order valence-electron chi connectivity index (χ4n) is 4.31. The number of likely N-dealkylation sites (tertiary alicyclic amines) is 1. The first kappa shape index (κ1) is 19.9. The van der Waals surface area contributed by atoms with Crippen LogP contribution in [-0.4, -0.2) is 65.9 Å². The first-order valence-electron chi connectivity index (χ1n) is 10.3. The Bertz CT molecular complexity index is 771. The number of benzene rings is 1. The van der Waals surface area contributed by atoms with Gasteiger partial charge in [0.15, 0.2) is 11.5 Å². The Hall–Kier alpha value is -1.35. The fraction of sp³-hybridized carbons (Fsp3) is 0.700. The summed E-state index contributed by atoms with van der Waals surface area (Å²) in [5, 5.41) is 0. The van der Waals surface area contributed by atoms with Crippen LogP contribution in [0, 0.1) is 5.41 Å².